The summed E-state index contributed by atoms with van der Waals surface area (Å²) in [5, 5.41) is 7.46. The van der Waals surface area contributed by atoms with Crippen LogP contribution >= 0.6 is 15.9 Å². The van der Waals surface area contributed by atoms with Gasteiger partial charge in [0.15, 0.2) is 0 Å². The molecule has 0 saturated heterocycles. The topological polar surface area (TPSA) is 72.2 Å². The van der Waals surface area contributed by atoms with E-state index in [1.54, 1.807) is 12.1 Å². The molecule has 1 aromatic rings. The van der Waals surface area contributed by atoms with Gasteiger partial charge in [0.25, 0.3) is 0 Å². The first-order valence-corrected chi connectivity index (χ1v) is 6.59. The zero-order valence-corrected chi connectivity index (χ0v) is 10.1. The Labute approximate surface area is 95.8 Å². The highest BCUT2D eigenvalue weighted by Gasteiger charge is 2.07. The van der Waals surface area contributed by atoms with Crippen molar-refractivity contribution in [1.29, 1.82) is 0 Å². The maximum absolute atomic E-state index is 13.2. The van der Waals surface area contributed by atoms with Gasteiger partial charge in [-0.15, -0.1) is 0 Å². The van der Waals surface area contributed by atoms with Crippen molar-refractivity contribution in [3.8, 4) is 0 Å². The van der Waals surface area contributed by atoms with Gasteiger partial charge in [-0.05, 0) is 28.1 Å². The smallest absolute Gasteiger partial charge is 0.210 e. The number of sulfonamides is 1. The average molecular weight is 297 g/mol. The predicted molar refractivity (Wildman–Crippen MR) is 60.6 cm³/mol. The minimum atomic E-state index is -3.52. The highest BCUT2D eigenvalue weighted by Crippen LogP contribution is 2.24. The molecule has 84 valence electrons. The molecule has 0 aliphatic rings. The molecule has 0 amide bonds. The number of anilines is 1. The van der Waals surface area contributed by atoms with Crippen LogP contribution in [0.3, 0.4) is 0 Å². The highest BCUT2D eigenvalue weighted by molar-refractivity contribution is 9.10. The Hall–Kier alpha value is -0.660. The van der Waals surface area contributed by atoms with Crippen LogP contribution in [0.5, 0.6) is 0 Å². The van der Waals surface area contributed by atoms with Crippen molar-refractivity contribution in [3.05, 3.63) is 28.5 Å². The molecule has 0 radical (unpaired) electrons. The van der Waals surface area contributed by atoms with E-state index in [4.69, 9.17) is 5.14 Å². The third-order valence-electron chi connectivity index (χ3n) is 1.65. The van der Waals surface area contributed by atoms with Crippen LogP contribution in [-0.2, 0) is 10.0 Å². The van der Waals surface area contributed by atoms with Crippen LogP contribution in [0.25, 0.3) is 0 Å². The molecule has 15 heavy (non-hydrogen) atoms. The molecular formula is C8H10BrFN2O2S. The van der Waals surface area contributed by atoms with Crippen LogP contribution in [-0.4, -0.2) is 20.7 Å². The second-order valence-corrected chi connectivity index (χ2v) is 5.48. The first kappa shape index (κ1) is 12.4. The van der Waals surface area contributed by atoms with E-state index in [9.17, 15) is 12.8 Å². The molecule has 7 heteroatoms. The molecule has 3 N–H and O–H groups in total. The first-order valence-electron chi connectivity index (χ1n) is 4.08. The Morgan fingerprint density at radius 3 is 2.67 bits per heavy atom. The van der Waals surface area contributed by atoms with Gasteiger partial charge in [0.2, 0.25) is 10.0 Å². The van der Waals surface area contributed by atoms with Gasteiger partial charge in [-0.3, -0.25) is 0 Å². The summed E-state index contributed by atoms with van der Waals surface area (Å²) in [5.41, 5.74) is 0.237. The van der Waals surface area contributed by atoms with Crippen molar-refractivity contribution < 1.29 is 12.8 Å². The molecule has 1 rings (SSSR count). The first-order chi connectivity index (χ1) is 6.90. The lowest BCUT2D eigenvalue weighted by molar-refractivity contribution is 0.597. The summed E-state index contributed by atoms with van der Waals surface area (Å²) in [6.45, 7) is 0.0678. The Bertz CT molecular complexity index is 430. The number of hydrogen-bond donors (Lipinski definition) is 2. The highest BCUT2D eigenvalue weighted by atomic mass is 79.9. The van der Waals surface area contributed by atoms with Crippen LogP contribution in [0.4, 0.5) is 10.1 Å². The normalized spacial score (nSPS) is 11.4. The van der Waals surface area contributed by atoms with Crippen LogP contribution in [0.2, 0.25) is 0 Å². The van der Waals surface area contributed by atoms with E-state index < -0.39 is 15.8 Å². The molecule has 0 bridgehead atoms. The molecule has 4 nitrogen and oxygen atoms in total. The van der Waals surface area contributed by atoms with Gasteiger partial charge in [-0.25, -0.2) is 17.9 Å². The summed E-state index contributed by atoms with van der Waals surface area (Å²) in [5.74, 6) is -0.688. The third-order valence-corrected chi connectivity index (χ3v) is 3.09. The predicted octanol–water partition coefficient (Wildman–Crippen LogP) is 1.29. The second-order valence-electron chi connectivity index (χ2n) is 2.89. The number of halogens is 2. The fraction of sp³-hybridized carbons (Fsp3) is 0.250. The Morgan fingerprint density at radius 2 is 2.13 bits per heavy atom. The average Bonchev–Trinajstić information content (AvgIpc) is 2.08. The van der Waals surface area contributed by atoms with E-state index in [-0.39, 0.29) is 18.0 Å². The van der Waals surface area contributed by atoms with E-state index in [0.29, 0.717) is 4.47 Å². The van der Waals surface area contributed by atoms with Crippen molar-refractivity contribution in [3.63, 3.8) is 0 Å². The lowest BCUT2D eigenvalue weighted by atomic mass is 10.3. The van der Waals surface area contributed by atoms with Crippen LogP contribution in [0, 0.1) is 5.82 Å². The van der Waals surface area contributed by atoms with Gasteiger partial charge in [0.05, 0.1) is 11.4 Å². The summed E-state index contributed by atoms with van der Waals surface area (Å²) in [4.78, 5) is 0. The summed E-state index contributed by atoms with van der Waals surface area (Å²) < 4.78 is 35.0. The Morgan fingerprint density at radius 1 is 1.47 bits per heavy atom. The number of para-hydroxylation sites is 1. The van der Waals surface area contributed by atoms with E-state index in [1.165, 1.54) is 6.07 Å². The Kier molecular flexibility index (Phi) is 4.06. The van der Waals surface area contributed by atoms with Gasteiger partial charge in [0.1, 0.15) is 5.82 Å². The molecular weight excluding hydrogens is 287 g/mol. The van der Waals surface area contributed by atoms with Crippen molar-refractivity contribution in [2.75, 3.05) is 17.6 Å². The van der Waals surface area contributed by atoms with Gasteiger partial charge < -0.3 is 5.32 Å². The summed E-state index contributed by atoms with van der Waals surface area (Å²) in [7, 11) is -3.52. The molecule has 0 fully saturated rings. The number of benzene rings is 1. The van der Waals surface area contributed by atoms with Crippen molar-refractivity contribution in [2.45, 2.75) is 0 Å². The van der Waals surface area contributed by atoms with Crippen molar-refractivity contribution in [1.82, 2.24) is 0 Å². The third kappa shape index (κ3) is 4.15. The SMILES string of the molecule is NS(=O)(=O)CCNc1c(F)cccc1Br. The van der Waals surface area contributed by atoms with Gasteiger partial charge in [-0.1, -0.05) is 6.07 Å². The quantitative estimate of drug-likeness (QED) is 0.879. The molecule has 0 saturated carbocycles. The number of rotatable bonds is 4. The molecule has 0 heterocycles. The molecule has 0 spiro atoms. The zero-order valence-electron chi connectivity index (χ0n) is 7.70. The van der Waals surface area contributed by atoms with Crippen molar-refractivity contribution in [2.24, 2.45) is 5.14 Å². The lowest BCUT2D eigenvalue weighted by Gasteiger charge is -2.08. The summed E-state index contributed by atoms with van der Waals surface area (Å²) >= 11 is 3.14. The number of primary sulfonamides is 1. The van der Waals surface area contributed by atoms with E-state index in [0.717, 1.165) is 0 Å². The van der Waals surface area contributed by atoms with Crippen LogP contribution < -0.4 is 10.5 Å². The maximum atomic E-state index is 13.2. The van der Waals surface area contributed by atoms with E-state index >= 15 is 0 Å². The lowest BCUT2D eigenvalue weighted by Crippen LogP contribution is -2.22. The molecule has 0 aliphatic heterocycles. The fourth-order valence-corrected chi connectivity index (χ4v) is 1.85. The van der Waals surface area contributed by atoms with Crippen LogP contribution in [0.1, 0.15) is 0 Å². The van der Waals surface area contributed by atoms with Gasteiger partial charge in [-0.2, -0.15) is 0 Å². The fourth-order valence-electron chi connectivity index (χ4n) is 0.985. The van der Waals surface area contributed by atoms with Crippen LogP contribution in [0.15, 0.2) is 22.7 Å². The summed E-state index contributed by atoms with van der Waals surface area (Å²) in [6.07, 6.45) is 0. The van der Waals surface area contributed by atoms with Gasteiger partial charge >= 0.3 is 0 Å². The second kappa shape index (κ2) is 4.91. The molecule has 0 aromatic heterocycles. The number of nitrogens with one attached hydrogen (secondary N) is 1. The minimum absolute atomic E-state index is 0.0678. The zero-order chi connectivity index (χ0) is 11.5. The van der Waals surface area contributed by atoms with E-state index in [1.807, 2.05) is 0 Å². The Balaban J connectivity index is 2.66. The van der Waals surface area contributed by atoms with Crippen molar-refractivity contribution >= 4 is 31.6 Å². The number of hydrogen-bond acceptors (Lipinski definition) is 3. The molecule has 0 aliphatic carbocycles. The number of nitrogens with two attached hydrogens (primary N) is 1. The minimum Gasteiger partial charge on any atom is -0.381 e. The monoisotopic (exact) mass is 296 g/mol. The standard InChI is InChI=1S/C8H10BrFN2O2S/c9-6-2-1-3-7(10)8(6)12-4-5-15(11,13)14/h1-3,12H,4-5H2,(H2,11,13,14). The summed E-state index contributed by atoms with van der Waals surface area (Å²) in [6, 6.07) is 4.48. The maximum Gasteiger partial charge on any atom is 0.210 e. The molecule has 1 aromatic carbocycles. The largest absolute Gasteiger partial charge is 0.381 e. The molecule has 0 atom stereocenters. The van der Waals surface area contributed by atoms with E-state index in [2.05, 4.69) is 21.2 Å². The molecule has 0 unspecified atom stereocenters. The van der Waals surface area contributed by atoms with Gasteiger partial charge in [0, 0.05) is 11.0 Å².